The predicted molar refractivity (Wildman–Crippen MR) is 72.3 cm³/mol. The van der Waals surface area contributed by atoms with E-state index in [4.69, 9.17) is 0 Å². The molecule has 1 aliphatic rings. The number of benzene rings is 1. The molecule has 100 valence electrons. The van der Waals surface area contributed by atoms with Gasteiger partial charge in [-0.2, -0.15) is 5.10 Å². The highest BCUT2D eigenvalue weighted by Crippen LogP contribution is 2.29. The van der Waals surface area contributed by atoms with Gasteiger partial charge in [-0.05, 0) is 42.7 Å². The fourth-order valence-electron chi connectivity index (χ4n) is 2.81. The first-order chi connectivity index (χ1) is 9.24. The molecule has 2 aromatic rings. The molecule has 0 N–H and O–H groups in total. The van der Waals surface area contributed by atoms with Crippen molar-refractivity contribution < 1.29 is 4.39 Å². The summed E-state index contributed by atoms with van der Waals surface area (Å²) in [6.07, 6.45) is 4.77. The Kier molecular flexibility index (Phi) is 3.34. The van der Waals surface area contributed by atoms with Crippen molar-refractivity contribution in [3.05, 3.63) is 53.6 Å². The maximum Gasteiger partial charge on any atom is 0.123 e. The summed E-state index contributed by atoms with van der Waals surface area (Å²) < 4.78 is 15.3. The summed E-state index contributed by atoms with van der Waals surface area (Å²) in [6, 6.07) is 7.37. The Morgan fingerprint density at radius 2 is 2.26 bits per heavy atom. The lowest BCUT2D eigenvalue weighted by molar-refractivity contribution is 0.188. The third-order valence-corrected chi connectivity index (χ3v) is 3.95. The van der Waals surface area contributed by atoms with Crippen LogP contribution >= 0.6 is 0 Å². The van der Waals surface area contributed by atoms with Gasteiger partial charge in [-0.3, -0.25) is 9.58 Å². The highest BCUT2D eigenvalue weighted by molar-refractivity contribution is 5.32. The maximum absolute atomic E-state index is 13.4. The molecule has 0 saturated carbocycles. The molecular formula is C15H18FN3. The molecule has 0 bridgehead atoms. The molecule has 3 nitrogen and oxygen atoms in total. The third-order valence-electron chi connectivity index (χ3n) is 3.95. The second kappa shape index (κ2) is 5.13. The van der Waals surface area contributed by atoms with Crippen LogP contribution in [0.1, 0.15) is 24.1 Å². The van der Waals surface area contributed by atoms with E-state index >= 15 is 0 Å². The van der Waals surface area contributed by atoms with Gasteiger partial charge in [0.05, 0.1) is 6.54 Å². The second-order valence-electron chi connectivity index (χ2n) is 5.07. The van der Waals surface area contributed by atoms with Crippen LogP contribution in [-0.4, -0.2) is 27.8 Å². The number of hydrogen-bond acceptors (Lipinski definition) is 2. The van der Waals surface area contributed by atoms with Gasteiger partial charge in [-0.15, -0.1) is 0 Å². The largest absolute Gasteiger partial charge is 0.294 e. The quantitative estimate of drug-likeness (QED) is 0.845. The first-order valence-electron chi connectivity index (χ1n) is 6.74. The van der Waals surface area contributed by atoms with Gasteiger partial charge in [0.25, 0.3) is 0 Å². The van der Waals surface area contributed by atoms with Crippen LogP contribution in [0, 0.1) is 5.82 Å². The molecule has 0 unspecified atom stereocenters. The molecule has 3 rings (SSSR count). The lowest BCUT2D eigenvalue weighted by Crippen LogP contribution is -2.36. The molecule has 1 aliphatic heterocycles. The van der Waals surface area contributed by atoms with E-state index in [1.54, 1.807) is 18.3 Å². The highest BCUT2D eigenvalue weighted by Gasteiger charge is 2.23. The van der Waals surface area contributed by atoms with Gasteiger partial charge in [0.2, 0.25) is 0 Å². The zero-order chi connectivity index (χ0) is 13.2. The van der Waals surface area contributed by atoms with Gasteiger partial charge < -0.3 is 0 Å². The molecule has 0 aliphatic carbocycles. The molecule has 1 aromatic heterocycles. The minimum atomic E-state index is -0.139. The van der Waals surface area contributed by atoms with Crippen molar-refractivity contribution in [2.24, 2.45) is 0 Å². The van der Waals surface area contributed by atoms with Crippen LogP contribution in [-0.2, 0) is 13.0 Å². The van der Waals surface area contributed by atoms with Crippen LogP contribution in [0.25, 0.3) is 0 Å². The fraction of sp³-hybridized carbons (Fsp3) is 0.400. The molecule has 4 heteroatoms. The topological polar surface area (TPSA) is 21.1 Å². The van der Waals surface area contributed by atoms with Gasteiger partial charge in [-0.25, -0.2) is 4.39 Å². The minimum absolute atomic E-state index is 0.139. The Balaban J connectivity index is 1.72. The monoisotopic (exact) mass is 259 g/mol. The van der Waals surface area contributed by atoms with E-state index in [1.165, 1.54) is 5.56 Å². The van der Waals surface area contributed by atoms with Gasteiger partial charge in [0, 0.05) is 31.5 Å². The summed E-state index contributed by atoms with van der Waals surface area (Å²) in [5.74, 6) is -0.139. The summed E-state index contributed by atoms with van der Waals surface area (Å²) in [5, 5.41) is 4.21. The zero-order valence-electron chi connectivity index (χ0n) is 11.1. The average molecular weight is 259 g/mol. The summed E-state index contributed by atoms with van der Waals surface area (Å²) in [7, 11) is 0. The van der Waals surface area contributed by atoms with E-state index in [9.17, 15) is 4.39 Å². The molecule has 0 amide bonds. The standard InChI is InChI=1S/C15H18FN3/c1-12-15-11-14(16)4-3-13(15)5-8-18(12)9-10-19-7-2-6-17-19/h2-4,6-7,11-12H,5,8-10H2,1H3/t12-/m0/s1. The van der Waals surface area contributed by atoms with Crippen molar-refractivity contribution in [3.63, 3.8) is 0 Å². The number of halogens is 1. The number of nitrogens with zero attached hydrogens (tertiary/aromatic N) is 3. The van der Waals surface area contributed by atoms with Gasteiger partial charge in [0.1, 0.15) is 5.82 Å². The number of rotatable bonds is 3. The van der Waals surface area contributed by atoms with Gasteiger partial charge in [-0.1, -0.05) is 6.07 Å². The minimum Gasteiger partial charge on any atom is -0.294 e. The van der Waals surface area contributed by atoms with Crippen molar-refractivity contribution in [2.45, 2.75) is 25.9 Å². The van der Waals surface area contributed by atoms with Gasteiger partial charge in [0.15, 0.2) is 0 Å². The predicted octanol–water partition coefficient (Wildman–Crippen LogP) is 2.64. The summed E-state index contributed by atoms with van der Waals surface area (Å²) in [4.78, 5) is 2.39. The molecule has 19 heavy (non-hydrogen) atoms. The molecule has 1 atom stereocenters. The lowest BCUT2D eigenvalue weighted by atomic mass is 9.93. The van der Waals surface area contributed by atoms with E-state index in [0.29, 0.717) is 0 Å². The Morgan fingerprint density at radius 3 is 3.05 bits per heavy atom. The first-order valence-corrected chi connectivity index (χ1v) is 6.74. The van der Waals surface area contributed by atoms with Crippen LogP contribution in [0.2, 0.25) is 0 Å². The van der Waals surface area contributed by atoms with Crippen LogP contribution in [0.15, 0.2) is 36.7 Å². The average Bonchev–Trinajstić information content (AvgIpc) is 2.92. The lowest BCUT2D eigenvalue weighted by Gasteiger charge is -2.35. The van der Waals surface area contributed by atoms with Crippen molar-refractivity contribution in [3.8, 4) is 0 Å². The number of fused-ring (bicyclic) bond motifs is 1. The van der Waals surface area contributed by atoms with Crippen LogP contribution in [0.4, 0.5) is 4.39 Å². The smallest absolute Gasteiger partial charge is 0.123 e. The SMILES string of the molecule is C[C@H]1c2cc(F)ccc2CCN1CCn1cccn1. The maximum atomic E-state index is 13.4. The normalized spacial score (nSPS) is 19.4. The Labute approximate surface area is 112 Å². The Hall–Kier alpha value is -1.68. The summed E-state index contributed by atoms with van der Waals surface area (Å²) in [6.45, 7) is 5.00. The van der Waals surface area contributed by atoms with Crippen molar-refractivity contribution >= 4 is 0 Å². The Bertz CT molecular complexity index is 551. The van der Waals surface area contributed by atoms with E-state index in [2.05, 4.69) is 16.9 Å². The van der Waals surface area contributed by atoms with E-state index in [0.717, 1.165) is 31.6 Å². The summed E-state index contributed by atoms with van der Waals surface area (Å²) in [5.41, 5.74) is 2.41. The second-order valence-corrected chi connectivity index (χ2v) is 5.07. The zero-order valence-corrected chi connectivity index (χ0v) is 11.1. The van der Waals surface area contributed by atoms with Crippen molar-refractivity contribution in [2.75, 3.05) is 13.1 Å². The molecule has 2 heterocycles. The first kappa shape index (κ1) is 12.4. The number of aromatic nitrogens is 2. The van der Waals surface area contributed by atoms with Crippen LogP contribution in [0.5, 0.6) is 0 Å². The van der Waals surface area contributed by atoms with Crippen LogP contribution in [0.3, 0.4) is 0 Å². The Morgan fingerprint density at radius 1 is 1.37 bits per heavy atom. The molecular weight excluding hydrogens is 241 g/mol. The molecule has 1 aromatic carbocycles. The highest BCUT2D eigenvalue weighted by atomic mass is 19.1. The van der Waals surface area contributed by atoms with E-state index in [-0.39, 0.29) is 11.9 Å². The van der Waals surface area contributed by atoms with Crippen molar-refractivity contribution in [1.29, 1.82) is 0 Å². The van der Waals surface area contributed by atoms with Crippen LogP contribution < -0.4 is 0 Å². The fourth-order valence-corrected chi connectivity index (χ4v) is 2.81. The molecule has 0 radical (unpaired) electrons. The van der Waals surface area contributed by atoms with E-state index in [1.807, 2.05) is 23.0 Å². The summed E-state index contributed by atoms with van der Waals surface area (Å²) >= 11 is 0. The third kappa shape index (κ3) is 2.54. The van der Waals surface area contributed by atoms with Gasteiger partial charge >= 0.3 is 0 Å². The van der Waals surface area contributed by atoms with Crippen molar-refractivity contribution in [1.82, 2.24) is 14.7 Å². The van der Waals surface area contributed by atoms with E-state index < -0.39 is 0 Å². The molecule has 0 fully saturated rings. The molecule has 0 spiro atoms. The molecule has 0 saturated heterocycles. The number of hydrogen-bond donors (Lipinski definition) is 0.